The second kappa shape index (κ2) is 6.16. The van der Waals surface area contributed by atoms with Crippen LogP contribution >= 0.6 is 11.6 Å². The summed E-state index contributed by atoms with van der Waals surface area (Å²) in [6.45, 7) is 11.7. The van der Waals surface area contributed by atoms with Crippen LogP contribution in [0.2, 0.25) is 23.3 Å². The maximum Gasteiger partial charge on any atom is 0.191 e. The number of hydrogen-bond donors (Lipinski definition) is 0. The van der Waals surface area contributed by atoms with Crippen molar-refractivity contribution in [2.24, 2.45) is 0 Å². The molecule has 0 amide bonds. The Labute approximate surface area is 121 Å². The normalized spacial score (nSPS) is 12.5. The van der Waals surface area contributed by atoms with Gasteiger partial charge in [0.2, 0.25) is 0 Å². The minimum Gasteiger partial charge on any atom is -0.416 e. The molecular formula is C14H22ClNO2Si. The van der Waals surface area contributed by atoms with Crippen molar-refractivity contribution in [2.75, 3.05) is 6.61 Å². The summed E-state index contributed by atoms with van der Waals surface area (Å²) < 4.78 is 6.09. The van der Waals surface area contributed by atoms with Crippen LogP contribution in [-0.4, -0.2) is 26.2 Å². The Bertz CT molecular complexity index is 455. The van der Waals surface area contributed by atoms with Crippen molar-refractivity contribution in [1.82, 2.24) is 4.98 Å². The monoisotopic (exact) mass is 299 g/mol. The van der Waals surface area contributed by atoms with Gasteiger partial charge in [0.05, 0.1) is 0 Å². The Balaban J connectivity index is 2.66. The summed E-state index contributed by atoms with van der Waals surface area (Å²) in [5.74, 6) is 0. The number of nitrogens with zero attached hydrogens (tertiary/aromatic N) is 1. The molecule has 0 aromatic carbocycles. The van der Waals surface area contributed by atoms with Gasteiger partial charge in [0.25, 0.3) is 0 Å². The topological polar surface area (TPSA) is 39.2 Å². The van der Waals surface area contributed by atoms with Crippen LogP contribution in [0, 0.1) is 0 Å². The molecule has 1 aromatic heterocycles. The standard InChI is InChI=1S/C14H22ClNO2Si/c1-14(2,3)19(4,5)18-9-8-11-6-7-13(15)16-12(11)10-17/h6-7,10H,8-9H2,1-5H3. The lowest BCUT2D eigenvalue weighted by molar-refractivity contribution is 0.111. The summed E-state index contributed by atoms with van der Waals surface area (Å²) in [6, 6.07) is 3.55. The SMILES string of the molecule is CC(C)(C)[Si](C)(C)OCCc1ccc(Cl)nc1C=O. The van der Waals surface area contributed by atoms with Crippen LogP contribution in [0.1, 0.15) is 36.8 Å². The van der Waals surface area contributed by atoms with Crippen molar-refractivity contribution in [3.8, 4) is 0 Å². The summed E-state index contributed by atoms with van der Waals surface area (Å²) in [6.07, 6.45) is 1.43. The van der Waals surface area contributed by atoms with E-state index in [1.807, 2.05) is 6.07 Å². The van der Waals surface area contributed by atoms with Crippen molar-refractivity contribution in [3.63, 3.8) is 0 Å². The second-order valence-electron chi connectivity index (χ2n) is 6.15. The third-order valence-corrected chi connectivity index (χ3v) is 8.48. The van der Waals surface area contributed by atoms with Gasteiger partial charge in [0.1, 0.15) is 10.8 Å². The van der Waals surface area contributed by atoms with Gasteiger partial charge in [-0.05, 0) is 36.2 Å². The highest BCUT2D eigenvalue weighted by Crippen LogP contribution is 2.36. The van der Waals surface area contributed by atoms with Crippen LogP contribution in [0.5, 0.6) is 0 Å². The van der Waals surface area contributed by atoms with Crippen LogP contribution < -0.4 is 0 Å². The lowest BCUT2D eigenvalue weighted by Crippen LogP contribution is -2.41. The van der Waals surface area contributed by atoms with Crippen LogP contribution in [0.3, 0.4) is 0 Å². The van der Waals surface area contributed by atoms with Gasteiger partial charge in [0.15, 0.2) is 14.6 Å². The maximum absolute atomic E-state index is 10.9. The number of aromatic nitrogens is 1. The van der Waals surface area contributed by atoms with E-state index in [9.17, 15) is 4.79 Å². The minimum atomic E-state index is -1.73. The first kappa shape index (κ1) is 16.3. The van der Waals surface area contributed by atoms with Gasteiger partial charge >= 0.3 is 0 Å². The van der Waals surface area contributed by atoms with Gasteiger partial charge < -0.3 is 4.43 Å². The fourth-order valence-corrected chi connectivity index (χ4v) is 2.62. The minimum absolute atomic E-state index is 0.193. The van der Waals surface area contributed by atoms with Gasteiger partial charge in [-0.2, -0.15) is 0 Å². The number of pyridine rings is 1. The number of aldehydes is 1. The first-order valence-electron chi connectivity index (χ1n) is 6.42. The number of hydrogen-bond acceptors (Lipinski definition) is 3. The third-order valence-electron chi connectivity index (χ3n) is 3.73. The highest BCUT2D eigenvalue weighted by molar-refractivity contribution is 6.74. The second-order valence-corrected chi connectivity index (χ2v) is 11.4. The molecule has 3 nitrogen and oxygen atoms in total. The van der Waals surface area contributed by atoms with E-state index in [2.05, 4.69) is 38.8 Å². The molecule has 0 fully saturated rings. The summed E-state index contributed by atoms with van der Waals surface area (Å²) in [4.78, 5) is 15.0. The fourth-order valence-electron chi connectivity index (χ4n) is 1.42. The largest absolute Gasteiger partial charge is 0.416 e. The molecular weight excluding hydrogens is 278 g/mol. The summed E-state index contributed by atoms with van der Waals surface area (Å²) in [7, 11) is -1.73. The van der Waals surface area contributed by atoms with Gasteiger partial charge in [-0.15, -0.1) is 0 Å². The Morgan fingerprint density at radius 3 is 2.53 bits per heavy atom. The van der Waals surface area contributed by atoms with E-state index in [0.29, 0.717) is 23.9 Å². The van der Waals surface area contributed by atoms with Crippen LogP contribution in [0.4, 0.5) is 0 Å². The fraction of sp³-hybridized carbons (Fsp3) is 0.571. The highest BCUT2D eigenvalue weighted by Gasteiger charge is 2.36. The third kappa shape index (κ3) is 4.40. The number of halogens is 1. The van der Waals surface area contributed by atoms with E-state index in [4.69, 9.17) is 16.0 Å². The molecule has 0 bridgehead atoms. The molecule has 0 saturated carbocycles. The Kier molecular flexibility index (Phi) is 5.30. The van der Waals surface area contributed by atoms with E-state index < -0.39 is 8.32 Å². The summed E-state index contributed by atoms with van der Waals surface area (Å²) in [5.41, 5.74) is 1.30. The molecule has 0 aliphatic heterocycles. The zero-order chi connectivity index (χ0) is 14.7. The molecule has 0 aliphatic rings. The Hall–Kier alpha value is -0.713. The first-order chi connectivity index (χ1) is 8.67. The van der Waals surface area contributed by atoms with Crippen LogP contribution in [0.25, 0.3) is 0 Å². The average molecular weight is 300 g/mol. The molecule has 0 unspecified atom stereocenters. The predicted molar refractivity (Wildman–Crippen MR) is 81.5 cm³/mol. The molecule has 0 radical (unpaired) electrons. The number of rotatable bonds is 5. The first-order valence-corrected chi connectivity index (χ1v) is 9.70. The molecule has 5 heteroatoms. The van der Waals surface area contributed by atoms with E-state index >= 15 is 0 Å². The summed E-state index contributed by atoms with van der Waals surface area (Å²) >= 11 is 5.77. The lowest BCUT2D eigenvalue weighted by Gasteiger charge is -2.36. The molecule has 0 atom stereocenters. The quantitative estimate of drug-likeness (QED) is 0.466. The molecule has 0 N–H and O–H groups in total. The van der Waals surface area contributed by atoms with E-state index in [0.717, 1.165) is 11.8 Å². The van der Waals surface area contributed by atoms with Crippen LogP contribution in [0.15, 0.2) is 12.1 Å². The zero-order valence-electron chi connectivity index (χ0n) is 12.3. The maximum atomic E-state index is 10.9. The van der Waals surface area contributed by atoms with Gasteiger partial charge in [0, 0.05) is 6.61 Å². The van der Waals surface area contributed by atoms with E-state index in [1.54, 1.807) is 6.07 Å². The number of carbonyl (C=O) groups excluding carboxylic acids is 1. The van der Waals surface area contributed by atoms with Gasteiger partial charge in [-0.1, -0.05) is 38.4 Å². The zero-order valence-corrected chi connectivity index (χ0v) is 14.0. The van der Waals surface area contributed by atoms with Crippen LogP contribution in [-0.2, 0) is 10.8 Å². The van der Waals surface area contributed by atoms with Crippen molar-refractivity contribution >= 4 is 26.2 Å². The Morgan fingerprint density at radius 1 is 1.37 bits per heavy atom. The van der Waals surface area contributed by atoms with E-state index in [1.165, 1.54) is 0 Å². The lowest BCUT2D eigenvalue weighted by atomic mass is 10.1. The average Bonchev–Trinajstić information content (AvgIpc) is 2.29. The molecule has 1 aromatic rings. The van der Waals surface area contributed by atoms with Crippen molar-refractivity contribution in [1.29, 1.82) is 0 Å². The molecule has 0 saturated heterocycles. The van der Waals surface area contributed by atoms with Gasteiger partial charge in [-0.25, -0.2) is 4.98 Å². The predicted octanol–water partition coefficient (Wildman–Crippen LogP) is 4.11. The molecule has 0 aliphatic carbocycles. The van der Waals surface area contributed by atoms with E-state index in [-0.39, 0.29) is 5.04 Å². The Morgan fingerprint density at radius 2 is 2.00 bits per heavy atom. The molecule has 1 rings (SSSR count). The molecule has 0 spiro atoms. The number of carbonyl (C=O) groups is 1. The molecule has 106 valence electrons. The molecule has 19 heavy (non-hydrogen) atoms. The highest BCUT2D eigenvalue weighted by atomic mass is 35.5. The van der Waals surface area contributed by atoms with Crippen molar-refractivity contribution < 1.29 is 9.22 Å². The van der Waals surface area contributed by atoms with Crippen molar-refractivity contribution in [2.45, 2.75) is 45.3 Å². The smallest absolute Gasteiger partial charge is 0.191 e. The summed E-state index contributed by atoms with van der Waals surface area (Å²) in [5, 5.41) is 0.537. The van der Waals surface area contributed by atoms with Crippen molar-refractivity contribution in [3.05, 3.63) is 28.5 Å². The molecule has 1 heterocycles. The van der Waals surface area contributed by atoms with Gasteiger partial charge in [-0.3, -0.25) is 4.79 Å².